The number of aliphatic hydroxyl groups excluding tert-OH is 1. The molecule has 0 unspecified atom stereocenters. The first-order valence-electron chi connectivity index (χ1n) is 1.55. The number of hydrogen-bond donors (Lipinski definition) is 2. The third kappa shape index (κ3) is 95.8. The fourth-order valence-electron chi connectivity index (χ4n) is 0. The Morgan fingerprint density at radius 3 is 1.78 bits per heavy atom. The molecule has 0 rings (SSSR count). The Morgan fingerprint density at radius 2 is 1.78 bits per heavy atom. The zero-order valence-electron chi connectivity index (χ0n) is 4.50. The van der Waals surface area contributed by atoms with E-state index in [4.69, 9.17) is 15.0 Å². The molecule has 0 aliphatic rings. The van der Waals surface area contributed by atoms with E-state index in [-0.39, 0.29) is 26.2 Å². The van der Waals surface area contributed by atoms with Gasteiger partial charge in [-0.1, -0.05) is 13.1 Å². The van der Waals surface area contributed by atoms with E-state index in [0.717, 1.165) is 6.08 Å². The van der Waals surface area contributed by atoms with Gasteiger partial charge in [0.2, 0.25) is 0 Å². The van der Waals surface area contributed by atoms with Crippen LogP contribution in [-0.4, -0.2) is 22.7 Å². The van der Waals surface area contributed by atoms with Gasteiger partial charge in [-0.2, -0.15) is 0 Å². The van der Waals surface area contributed by atoms with E-state index in [1.807, 2.05) is 0 Å². The van der Waals surface area contributed by atoms with Crippen molar-refractivity contribution < 1.29 is 46.0 Å². The van der Waals surface area contributed by atoms with Gasteiger partial charge < -0.3 is 15.0 Å². The molecule has 0 aliphatic carbocycles. The molecule has 0 aliphatic heterocycles. The molecule has 0 amide bonds. The molecule has 0 aromatic heterocycles. The van der Waals surface area contributed by atoms with Crippen LogP contribution in [0.5, 0.6) is 0 Å². The topological polar surface area (TPSA) is 74.6 Å². The van der Waals surface area contributed by atoms with Crippen molar-refractivity contribution in [3.8, 4) is 0 Å². The minimum atomic E-state index is -0.981. The van der Waals surface area contributed by atoms with Crippen LogP contribution in [0.1, 0.15) is 0 Å². The van der Waals surface area contributed by atoms with Crippen molar-refractivity contribution in [2.45, 2.75) is 0 Å². The zero-order chi connectivity index (χ0) is 6.99. The summed E-state index contributed by atoms with van der Waals surface area (Å²) in [6.45, 7) is 3.46. The van der Waals surface area contributed by atoms with Gasteiger partial charge in [-0.25, -0.2) is 4.79 Å². The van der Waals surface area contributed by atoms with Crippen LogP contribution in [0.3, 0.4) is 0 Å². The maximum Gasteiger partial charge on any atom is 0.327 e. The number of carboxylic acid groups (broad SMARTS) is 1. The Kier molecular flexibility index (Phi) is 27.5. The predicted octanol–water partition coefficient (Wildman–Crippen LogP) is -0.134. The van der Waals surface area contributed by atoms with Gasteiger partial charge in [0.25, 0.3) is 0 Å². The minimum absolute atomic E-state index is 0. The van der Waals surface area contributed by atoms with Crippen LogP contribution < -0.4 is 0 Å². The maximum atomic E-state index is 9.25. The second-order valence-electron chi connectivity index (χ2n) is 0.634. The number of rotatable bonds is 1. The summed E-state index contributed by atoms with van der Waals surface area (Å²) in [6.07, 6.45) is 0.833. The Hall–Kier alpha value is -0.437. The molecular weight excluding hydrogens is 203 g/mol. The van der Waals surface area contributed by atoms with Crippen molar-refractivity contribution in [2.75, 3.05) is 0 Å². The quantitative estimate of drug-likeness (QED) is 0.465. The Labute approximate surface area is 71.3 Å². The molecule has 5 heteroatoms. The van der Waals surface area contributed by atoms with Crippen molar-refractivity contribution in [3.05, 3.63) is 12.7 Å². The molecule has 9 heavy (non-hydrogen) atoms. The van der Waals surface area contributed by atoms with E-state index < -0.39 is 5.97 Å². The van der Waals surface area contributed by atoms with Gasteiger partial charge >= 0.3 is 5.97 Å². The third-order valence-electron chi connectivity index (χ3n) is 0.175. The summed E-state index contributed by atoms with van der Waals surface area (Å²) in [5, 5.41) is 14.4. The molecule has 50 valence electrons. The van der Waals surface area contributed by atoms with Crippen molar-refractivity contribution in [1.29, 1.82) is 0 Å². The van der Waals surface area contributed by atoms with Crippen LogP contribution in [0, 0.1) is 0 Å². The first kappa shape index (κ1) is 15.8. The van der Waals surface area contributed by atoms with Crippen molar-refractivity contribution >= 4 is 12.4 Å². The number of hydrogen-bond acceptors (Lipinski definition) is 2. The molecule has 0 bridgehead atoms. The van der Waals surface area contributed by atoms with Crippen LogP contribution in [0.25, 0.3) is 0 Å². The van der Waals surface area contributed by atoms with Gasteiger partial charge in [0, 0.05) is 32.3 Å². The molecule has 0 atom stereocenters. The van der Waals surface area contributed by atoms with E-state index in [9.17, 15) is 4.79 Å². The molecular formula is C4H5O4Zr-. The number of carboxylic acids is 1. The fourth-order valence-corrected chi connectivity index (χ4v) is 0. The molecule has 0 fully saturated rings. The molecule has 0 radical (unpaired) electrons. The van der Waals surface area contributed by atoms with Crippen LogP contribution in [0.15, 0.2) is 12.7 Å². The Morgan fingerprint density at radius 1 is 1.67 bits per heavy atom. The van der Waals surface area contributed by atoms with Gasteiger partial charge in [0.1, 0.15) is 0 Å². The molecule has 0 heterocycles. The monoisotopic (exact) mass is 207 g/mol. The van der Waals surface area contributed by atoms with E-state index in [0.29, 0.717) is 6.47 Å². The normalized spacial score (nSPS) is 4.89. The summed E-state index contributed by atoms with van der Waals surface area (Å²) in [7, 11) is 0. The second kappa shape index (κ2) is 15.6. The van der Waals surface area contributed by atoms with Crippen molar-refractivity contribution in [2.24, 2.45) is 0 Å². The van der Waals surface area contributed by atoms with Gasteiger partial charge in [0.05, 0.1) is 0 Å². The average molecular weight is 208 g/mol. The summed E-state index contributed by atoms with van der Waals surface area (Å²) < 4.78 is 0. The van der Waals surface area contributed by atoms with Crippen LogP contribution in [0.2, 0.25) is 0 Å². The molecule has 0 saturated carbocycles. The summed E-state index contributed by atoms with van der Waals surface area (Å²) in [5.41, 5.74) is 0. The molecule has 0 aromatic carbocycles. The van der Waals surface area contributed by atoms with Crippen LogP contribution in [-0.2, 0) is 35.8 Å². The summed E-state index contributed by atoms with van der Waals surface area (Å²) in [5.74, 6) is -0.981. The maximum absolute atomic E-state index is 9.25. The molecule has 0 aromatic rings. The third-order valence-corrected chi connectivity index (χ3v) is 0.175. The van der Waals surface area contributed by atoms with Crippen molar-refractivity contribution in [1.82, 2.24) is 0 Å². The van der Waals surface area contributed by atoms with E-state index in [2.05, 4.69) is 6.58 Å². The summed E-state index contributed by atoms with van der Waals surface area (Å²) in [4.78, 5) is 17.5. The van der Waals surface area contributed by atoms with E-state index >= 15 is 0 Å². The second-order valence-corrected chi connectivity index (χ2v) is 0.634. The first-order chi connectivity index (χ1) is 3.68. The zero-order valence-corrected chi connectivity index (χ0v) is 6.95. The summed E-state index contributed by atoms with van der Waals surface area (Å²) in [6, 6.07) is 0. The number of aliphatic carboxylic acids is 1. The Bertz CT molecular complexity index is 90.6. The Balaban J connectivity index is -0.0000000800. The van der Waals surface area contributed by atoms with E-state index in [1.165, 1.54) is 0 Å². The molecule has 2 N–H and O–H groups in total. The first-order valence-corrected chi connectivity index (χ1v) is 1.55. The average Bonchev–Trinajstić information content (AvgIpc) is 1.69. The standard InChI is InChI=1S/C3H4O2.CHO2.Zr/c1-2-3(4)5;2-1-3;/h2H,1H2,(H,4,5);(H,2,3);/q;-1;. The largest absolute Gasteiger partial charge is 0.665 e. The number of carbonyl (C=O) groups is 1. The van der Waals surface area contributed by atoms with Gasteiger partial charge in [-0.3, -0.25) is 0 Å². The molecule has 4 nitrogen and oxygen atoms in total. The van der Waals surface area contributed by atoms with Crippen molar-refractivity contribution in [3.63, 3.8) is 0 Å². The van der Waals surface area contributed by atoms with Gasteiger partial charge in [-0.05, 0) is 0 Å². The fraction of sp³-hybridized carbons (Fsp3) is 0. The predicted molar refractivity (Wildman–Crippen MR) is 26.2 cm³/mol. The van der Waals surface area contributed by atoms with Gasteiger partial charge in [0.15, 0.2) is 0 Å². The minimum Gasteiger partial charge on any atom is -0.665 e. The SMILES string of the molecule is C=CC(=O)O.O=[C-]O.[Zr]. The smallest absolute Gasteiger partial charge is 0.327 e. The summed E-state index contributed by atoms with van der Waals surface area (Å²) >= 11 is 0. The van der Waals surface area contributed by atoms with Gasteiger partial charge in [-0.15, -0.1) is 0 Å². The van der Waals surface area contributed by atoms with Crippen LogP contribution >= 0.6 is 0 Å². The molecule has 0 saturated heterocycles. The van der Waals surface area contributed by atoms with Crippen LogP contribution in [0.4, 0.5) is 0 Å². The molecule has 0 spiro atoms. The van der Waals surface area contributed by atoms with E-state index in [1.54, 1.807) is 0 Å².